The summed E-state index contributed by atoms with van der Waals surface area (Å²) >= 11 is 0. The highest BCUT2D eigenvalue weighted by Crippen LogP contribution is 2.20. The van der Waals surface area contributed by atoms with Crippen LogP contribution < -0.4 is 10.0 Å². The monoisotopic (exact) mass is 384 g/mol. The lowest BCUT2D eigenvalue weighted by Crippen LogP contribution is -2.26. The van der Waals surface area contributed by atoms with Crippen molar-refractivity contribution in [3.05, 3.63) is 59.7 Å². The van der Waals surface area contributed by atoms with Crippen LogP contribution in [0.15, 0.2) is 47.4 Å². The summed E-state index contributed by atoms with van der Waals surface area (Å²) in [5.41, 5.74) is -0.643. The Balaban J connectivity index is 2.16. The van der Waals surface area contributed by atoms with Crippen molar-refractivity contribution in [3.8, 4) is 0 Å². The molecule has 2 rings (SSSR count). The van der Waals surface area contributed by atoms with Gasteiger partial charge < -0.3 is 10.1 Å². The summed E-state index contributed by atoms with van der Waals surface area (Å²) in [7, 11) is -2.31. The van der Waals surface area contributed by atoms with Crippen LogP contribution in [0.25, 0.3) is 0 Å². The Labute approximate surface area is 150 Å². The summed E-state index contributed by atoms with van der Waals surface area (Å²) in [6.45, 7) is 0.576. The third-order valence-corrected chi connectivity index (χ3v) is 4.88. The first-order valence-electron chi connectivity index (χ1n) is 7.69. The maximum atomic E-state index is 13.6. The number of hydrogen-bond acceptors (Lipinski definition) is 4. The highest BCUT2D eigenvalue weighted by Gasteiger charge is 2.17. The minimum atomic E-state index is -3.82. The fraction of sp³-hybridized carbons (Fsp3) is 0.235. The molecule has 0 saturated heterocycles. The van der Waals surface area contributed by atoms with Crippen LogP contribution >= 0.6 is 0 Å². The van der Waals surface area contributed by atoms with Crippen molar-refractivity contribution in [3.63, 3.8) is 0 Å². The van der Waals surface area contributed by atoms with Crippen LogP contribution in [0.5, 0.6) is 0 Å². The number of methoxy groups -OCH3 is 1. The van der Waals surface area contributed by atoms with Crippen molar-refractivity contribution in [1.29, 1.82) is 0 Å². The summed E-state index contributed by atoms with van der Waals surface area (Å²) in [6, 6.07) is 8.34. The summed E-state index contributed by atoms with van der Waals surface area (Å²) in [5.74, 6) is -2.69. The zero-order valence-corrected chi connectivity index (χ0v) is 14.8. The van der Waals surface area contributed by atoms with Gasteiger partial charge in [-0.3, -0.25) is 4.79 Å². The molecule has 0 unspecified atom stereocenters. The highest BCUT2D eigenvalue weighted by atomic mass is 32.2. The Morgan fingerprint density at radius 1 is 1.12 bits per heavy atom. The average Bonchev–Trinajstić information content (AvgIpc) is 2.62. The molecule has 0 fully saturated rings. The molecule has 0 spiro atoms. The maximum absolute atomic E-state index is 13.6. The summed E-state index contributed by atoms with van der Waals surface area (Å²) in [5, 5.41) is 2.11. The van der Waals surface area contributed by atoms with Crippen LogP contribution in [0.1, 0.15) is 16.8 Å². The first kappa shape index (κ1) is 20.0. The number of para-hydroxylation sites is 1. The van der Waals surface area contributed by atoms with Gasteiger partial charge in [0.25, 0.3) is 5.91 Å². The Bertz CT molecular complexity index is 868. The van der Waals surface area contributed by atoms with Gasteiger partial charge in [0.15, 0.2) is 0 Å². The largest absolute Gasteiger partial charge is 0.385 e. The summed E-state index contributed by atoms with van der Waals surface area (Å²) in [4.78, 5) is 12.1. The number of ether oxygens (including phenoxy) is 1. The topological polar surface area (TPSA) is 84.5 Å². The predicted molar refractivity (Wildman–Crippen MR) is 92.4 cm³/mol. The molecule has 0 bridgehead atoms. The summed E-state index contributed by atoms with van der Waals surface area (Å²) < 4.78 is 58.9. The second kappa shape index (κ2) is 8.84. The van der Waals surface area contributed by atoms with Gasteiger partial charge in [0.1, 0.15) is 17.3 Å². The molecule has 26 heavy (non-hydrogen) atoms. The zero-order valence-electron chi connectivity index (χ0n) is 14.0. The number of amides is 1. The molecule has 0 aliphatic rings. The molecule has 2 aromatic rings. The number of halogens is 2. The second-order valence-electron chi connectivity index (χ2n) is 5.32. The number of rotatable bonds is 8. The summed E-state index contributed by atoms with van der Waals surface area (Å²) in [6.07, 6.45) is 0.489. The highest BCUT2D eigenvalue weighted by molar-refractivity contribution is 7.89. The molecule has 0 aromatic heterocycles. The van der Waals surface area contributed by atoms with E-state index in [1.165, 1.54) is 31.4 Å². The quantitative estimate of drug-likeness (QED) is 0.685. The van der Waals surface area contributed by atoms with Gasteiger partial charge in [0.05, 0.1) is 4.90 Å². The van der Waals surface area contributed by atoms with Crippen molar-refractivity contribution >= 4 is 21.6 Å². The molecule has 0 heterocycles. The van der Waals surface area contributed by atoms with E-state index in [0.717, 1.165) is 18.2 Å². The first-order chi connectivity index (χ1) is 12.3. The van der Waals surface area contributed by atoms with Gasteiger partial charge in [0.2, 0.25) is 10.0 Å². The number of nitrogens with one attached hydrogen (secondary N) is 2. The van der Waals surface area contributed by atoms with Crippen LogP contribution in [0.3, 0.4) is 0 Å². The van der Waals surface area contributed by atoms with E-state index in [-0.39, 0.29) is 17.0 Å². The number of hydrogen-bond donors (Lipinski definition) is 2. The Morgan fingerprint density at radius 2 is 1.77 bits per heavy atom. The number of carbonyl (C=O) groups excluding carboxylic acids is 1. The minimum absolute atomic E-state index is 0.0487. The number of sulfonamides is 1. The molecular formula is C17H18F2N2O4S. The lowest BCUT2D eigenvalue weighted by molar-refractivity contribution is 0.102. The number of benzene rings is 2. The molecule has 9 heteroatoms. The van der Waals surface area contributed by atoms with E-state index in [4.69, 9.17) is 4.74 Å². The molecule has 1 amide bonds. The first-order valence-corrected chi connectivity index (χ1v) is 9.17. The Kier molecular flexibility index (Phi) is 6.78. The fourth-order valence-electron chi connectivity index (χ4n) is 2.11. The predicted octanol–water partition coefficient (Wildman–Crippen LogP) is 2.53. The second-order valence-corrected chi connectivity index (χ2v) is 7.09. The Morgan fingerprint density at radius 3 is 2.42 bits per heavy atom. The van der Waals surface area contributed by atoms with E-state index in [0.29, 0.717) is 13.0 Å². The van der Waals surface area contributed by atoms with Gasteiger partial charge in [-0.05, 0) is 36.8 Å². The van der Waals surface area contributed by atoms with Crippen LogP contribution in [-0.4, -0.2) is 34.6 Å². The molecule has 0 aliphatic carbocycles. The molecule has 0 atom stereocenters. The van der Waals surface area contributed by atoms with Gasteiger partial charge in [-0.1, -0.05) is 12.1 Å². The molecule has 2 aromatic carbocycles. The van der Waals surface area contributed by atoms with Gasteiger partial charge in [-0.25, -0.2) is 21.9 Å². The molecule has 0 saturated carbocycles. The van der Waals surface area contributed by atoms with Gasteiger partial charge in [-0.15, -0.1) is 0 Å². The van der Waals surface area contributed by atoms with Crippen molar-refractivity contribution in [1.82, 2.24) is 4.72 Å². The van der Waals surface area contributed by atoms with E-state index in [9.17, 15) is 22.0 Å². The normalized spacial score (nSPS) is 11.3. The van der Waals surface area contributed by atoms with Crippen LogP contribution in [-0.2, 0) is 14.8 Å². The number of anilines is 1. The zero-order chi connectivity index (χ0) is 19.2. The standard InChI is InChI=1S/C17H18F2N2O4S/c1-25-10-4-9-20-26(23,24)13-6-2-5-12(11-13)17(22)21-16-14(18)7-3-8-15(16)19/h2-3,5-8,11,20H,4,9-10H2,1H3,(H,21,22). The molecule has 6 nitrogen and oxygen atoms in total. The Hall–Kier alpha value is -2.36. The van der Waals surface area contributed by atoms with Gasteiger partial charge in [0, 0.05) is 25.8 Å². The third-order valence-electron chi connectivity index (χ3n) is 3.43. The van der Waals surface area contributed by atoms with Crippen molar-refractivity contribution < 1.29 is 26.7 Å². The smallest absolute Gasteiger partial charge is 0.255 e. The lowest BCUT2D eigenvalue weighted by Gasteiger charge is -2.10. The van der Waals surface area contributed by atoms with E-state index in [1.807, 2.05) is 0 Å². The molecular weight excluding hydrogens is 366 g/mol. The van der Waals surface area contributed by atoms with Crippen LogP contribution in [0.2, 0.25) is 0 Å². The molecule has 140 valence electrons. The maximum Gasteiger partial charge on any atom is 0.255 e. The van der Waals surface area contributed by atoms with Crippen molar-refractivity contribution in [2.75, 3.05) is 25.6 Å². The fourth-order valence-corrected chi connectivity index (χ4v) is 3.23. The molecule has 0 radical (unpaired) electrons. The van der Waals surface area contributed by atoms with E-state index < -0.39 is 33.3 Å². The van der Waals surface area contributed by atoms with Crippen LogP contribution in [0, 0.1) is 11.6 Å². The SMILES string of the molecule is COCCCNS(=O)(=O)c1cccc(C(=O)Nc2c(F)cccc2F)c1. The molecule has 0 aliphatic heterocycles. The van der Waals surface area contributed by atoms with Crippen molar-refractivity contribution in [2.24, 2.45) is 0 Å². The molecule has 2 N–H and O–H groups in total. The van der Waals surface area contributed by atoms with E-state index in [2.05, 4.69) is 10.0 Å². The van der Waals surface area contributed by atoms with E-state index in [1.54, 1.807) is 0 Å². The minimum Gasteiger partial charge on any atom is -0.385 e. The van der Waals surface area contributed by atoms with E-state index >= 15 is 0 Å². The van der Waals surface area contributed by atoms with Crippen molar-refractivity contribution in [2.45, 2.75) is 11.3 Å². The third kappa shape index (κ3) is 5.07. The lowest BCUT2D eigenvalue weighted by atomic mass is 10.2. The van der Waals surface area contributed by atoms with Gasteiger partial charge in [-0.2, -0.15) is 0 Å². The van der Waals surface area contributed by atoms with Crippen LogP contribution in [0.4, 0.5) is 14.5 Å². The number of carbonyl (C=O) groups is 1. The van der Waals surface area contributed by atoms with Gasteiger partial charge >= 0.3 is 0 Å². The average molecular weight is 384 g/mol.